The zero-order chi connectivity index (χ0) is 16.3. The average molecular weight is 385 g/mol. The molecule has 6 nitrogen and oxygen atoms in total. The second kappa shape index (κ2) is 6.45. The lowest BCUT2D eigenvalue weighted by Crippen LogP contribution is -2.13. The molecule has 0 aliphatic carbocycles. The Kier molecular flexibility index (Phi) is 4.82. The van der Waals surface area contributed by atoms with Crippen LogP contribution in [0, 0.1) is 0 Å². The highest BCUT2D eigenvalue weighted by Crippen LogP contribution is 2.27. The molecule has 2 N–H and O–H groups in total. The number of hydrogen-bond acceptors (Lipinski definition) is 5. The molecule has 8 heteroatoms. The molecule has 22 heavy (non-hydrogen) atoms. The summed E-state index contributed by atoms with van der Waals surface area (Å²) in [4.78, 5) is 16.0. The molecule has 1 aromatic carbocycles. The van der Waals surface area contributed by atoms with Gasteiger partial charge in [0.1, 0.15) is 5.75 Å². The van der Waals surface area contributed by atoms with Gasteiger partial charge in [0.15, 0.2) is 9.84 Å². The van der Waals surface area contributed by atoms with Gasteiger partial charge in [0.2, 0.25) is 0 Å². The first-order valence-corrected chi connectivity index (χ1v) is 8.75. The van der Waals surface area contributed by atoms with Crippen LogP contribution in [0.1, 0.15) is 17.3 Å². The fourth-order valence-electron chi connectivity index (χ4n) is 1.71. The molecule has 1 aromatic heterocycles. The van der Waals surface area contributed by atoms with E-state index in [1.54, 1.807) is 6.07 Å². The predicted molar refractivity (Wildman–Crippen MR) is 85.7 cm³/mol. The number of phenolic OH excluding ortho intramolecular Hbond substituents is 1. The molecule has 0 spiro atoms. The van der Waals surface area contributed by atoms with Crippen molar-refractivity contribution in [2.75, 3.05) is 11.1 Å². The van der Waals surface area contributed by atoms with Crippen molar-refractivity contribution in [3.05, 3.63) is 46.7 Å². The van der Waals surface area contributed by atoms with E-state index in [2.05, 4.69) is 26.2 Å². The van der Waals surface area contributed by atoms with Crippen LogP contribution in [-0.2, 0) is 9.84 Å². The van der Waals surface area contributed by atoms with Crippen LogP contribution in [0.25, 0.3) is 0 Å². The maximum atomic E-state index is 12.1. The Morgan fingerprint density at radius 1 is 1.32 bits per heavy atom. The Balaban J connectivity index is 2.33. The summed E-state index contributed by atoms with van der Waals surface area (Å²) in [5.74, 6) is -0.790. The Hall–Kier alpha value is -1.93. The minimum Gasteiger partial charge on any atom is -0.506 e. The Labute approximate surface area is 136 Å². The fraction of sp³-hybridized carbons (Fsp3) is 0.143. The lowest BCUT2D eigenvalue weighted by molar-refractivity contribution is 0.102. The number of carbonyl (C=O) groups excluding carboxylic acids is 1. The molecular weight excluding hydrogens is 372 g/mol. The summed E-state index contributed by atoms with van der Waals surface area (Å²) in [6.45, 7) is 1.52. The molecule has 0 aliphatic rings. The molecule has 0 radical (unpaired) electrons. The smallest absolute Gasteiger partial charge is 0.257 e. The summed E-state index contributed by atoms with van der Waals surface area (Å²) < 4.78 is 24.3. The monoisotopic (exact) mass is 384 g/mol. The van der Waals surface area contributed by atoms with Gasteiger partial charge in [-0.2, -0.15) is 0 Å². The highest BCUT2D eigenvalue weighted by molar-refractivity contribution is 9.10. The van der Waals surface area contributed by atoms with Gasteiger partial charge in [-0.1, -0.05) is 6.92 Å². The number of aromatic nitrogens is 1. The molecule has 0 aliphatic heterocycles. The third-order valence-corrected chi connectivity index (χ3v) is 5.09. The van der Waals surface area contributed by atoms with E-state index in [-0.39, 0.29) is 27.6 Å². The van der Waals surface area contributed by atoms with Gasteiger partial charge in [-0.15, -0.1) is 0 Å². The largest absolute Gasteiger partial charge is 0.506 e. The molecule has 0 bridgehead atoms. The van der Waals surface area contributed by atoms with Crippen molar-refractivity contribution in [2.45, 2.75) is 11.8 Å². The van der Waals surface area contributed by atoms with Crippen molar-refractivity contribution in [2.24, 2.45) is 0 Å². The van der Waals surface area contributed by atoms with E-state index in [9.17, 15) is 18.3 Å². The third kappa shape index (κ3) is 3.63. The highest BCUT2D eigenvalue weighted by atomic mass is 79.9. The maximum Gasteiger partial charge on any atom is 0.257 e. The van der Waals surface area contributed by atoms with Crippen molar-refractivity contribution in [1.82, 2.24) is 4.98 Å². The van der Waals surface area contributed by atoms with E-state index in [4.69, 9.17) is 0 Å². The molecule has 0 saturated carbocycles. The molecule has 2 rings (SSSR count). The lowest BCUT2D eigenvalue weighted by Gasteiger charge is -2.09. The Morgan fingerprint density at radius 2 is 2.05 bits per heavy atom. The fourth-order valence-corrected chi connectivity index (χ4v) is 2.98. The predicted octanol–water partition coefficient (Wildman–Crippen LogP) is 2.60. The number of sulfone groups is 1. The van der Waals surface area contributed by atoms with Crippen LogP contribution in [0.4, 0.5) is 5.69 Å². The Morgan fingerprint density at radius 3 is 2.68 bits per heavy atom. The average Bonchev–Trinajstić information content (AvgIpc) is 2.49. The lowest BCUT2D eigenvalue weighted by atomic mass is 10.2. The van der Waals surface area contributed by atoms with Crippen LogP contribution < -0.4 is 5.32 Å². The number of amides is 1. The van der Waals surface area contributed by atoms with Gasteiger partial charge in [-0.05, 0) is 40.2 Å². The number of phenols is 1. The topological polar surface area (TPSA) is 96.4 Å². The number of nitrogens with zero attached hydrogens (tertiary/aromatic N) is 1. The van der Waals surface area contributed by atoms with Crippen molar-refractivity contribution in [3.8, 4) is 5.75 Å². The molecule has 0 atom stereocenters. The number of rotatable bonds is 4. The quantitative estimate of drug-likeness (QED) is 0.789. The number of anilines is 1. The molecular formula is C14H13BrN2O4S. The van der Waals surface area contributed by atoms with Gasteiger partial charge in [0.05, 0.1) is 21.9 Å². The molecule has 1 amide bonds. The van der Waals surface area contributed by atoms with E-state index in [1.165, 1.54) is 37.5 Å². The third-order valence-electron chi connectivity index (χ3n) is 2.92. The van der Waals surface area contributed by atoms with Gasteiger partial charge in [-0.3, -0.25) is 9.78 Å². The molecule has 2 aromatic rings. The molecule has 116 valence electrons. The molecule has 0 saturated heterocycles. The van der Waals surface area contributed by atoms with E-state index >= 15 is 0 Å². The Bertz CT molecular complexity index is 821. The number of pyridine rings is 1. The van der Waals surface area contributed by atoms with Crippen LogP contribution in [0.15, 0.2) is 46.0 Å². The van der Waals surface area contributed by atoms with Gasteiger partial charge in [0.25, 0.3) is 5.91 Å². The normalized spacial score (nSPS) is 11.2. The van der Waals surface area contributed by atoms with Gasteiger partial charge >= 0.3 is 0 Å². The van der Waals surface area contributed by atoms with Crippen molar-refractivity contribution in [1.29, 1.82) is 0 Å². The van der Waals surface area contributed by atoms with Crippen molar-refractivity contribution >= 4 is 37.4 Å². The van der Waals surface area contributed by atoms with E-state index in [0.29, 0.717) is 4.47 Å². The highest BCUT2D eigenvalue weighted by Gasteiger charge is 2.16. The van der Waals surface area contributed by atoms with Gasteiger partial charge in [-0.25, -0.2) is 8.42 Å². The van der Waals surface area contributed by atoms with Crippen LogP contribution in [0.2, 0.25) is 0 Å². The number of aromatic hydroxyl groups is 1. The van der Waals surface area contributed by atoms with E-state index in [1.807, 2.05) is 0 Å². The van der Waals surface area contributed by atoms with E-state index in [0.717, 1.165) is 0 Å². The number of halogens is 1. The minimum absolute atomic E-state index is 0.0273. The molecule has 0 unspecified atom stereocenters. The first-order valence-electron chi connectivity index (χ1n) is 6.31. The number of benzene rings is 1. The first-order chi connectivity index (χ1) is 10.3. The van der Waals surface area contributed by atoms with Gasteiger partial charge in [0, 0.05) is 16.9 Å². The number of hydrogen-bond donors (Lipinski definition) is 2. The molecule has 0 fully saturated rings. The van der Waals surface area contributed by atoms with Crippen LogP contribution >= 0.6 is 15.9 Å². The summed E-state index contributed by atoms with van der Waals surface area (Å²) >= 11 is 3.21. The first kappa shape index (κ1) is 16.4. The van der Waals surface area contributed by atoms with Crippen LogP contribution in [-0.4, -0.2) is 30.2 Å². The SMILES string of the molecule is CCS(=O)(=O)c1ccc(O)c(NC(=O)c2cncc(Br)c2)c1. The van der Waals surface area contributed by atoms with Crippen LogP contribution in [0.5, 0.6) is 5.75 Å². The minimum atomic E-state index is -3.43. The van der Waals surface area contributed by atoms with Crippen LogP contribution in [0.3, 0.4) is 0 Å². The molecule has 1 heterocycles. The van der Waals surface area contributed by atoms with Crippen molar-refractivity contribution < 1.29 is 18.3 Å². The number of nitrogens with one attached hydrogen (secondary N) is 1. The summed E-state index contributed by atoms with van der Waals surface area (Å²) in [5.41, 5.74) is 0.303. The maximum absolute atomic E-state index is 12.1. The van der Waals surface area contributed by atoms with Gasteiger partial charge < -0.3 is 10.4 Å². The standard InChI is InChI=1S/C14H13BrN2O4S/c1-2-22(20,21)11-3-4-13(18)12(6-11)17-14(19)9-5-10(15)8-16-7-9/h3-8,18H,2H2,1H3,(H,17,19). The number of carbonyl (C=O) groups is 1. The summed E-state index contributed by atoms with van der Waals surface area (Å²) in [5, 5.41) is 12.3. The second-order valence-corrected chi connectivity index (χ2v) is 7.62. The zero-order valence-electron chi connectivity index (χ0n) is 11.6. The summed E-state index contributed by atoms with van der Waals surface area (Å²) in [7, 11) is -3.43. The van der Waals surface area contributed by atoms with E-state index < -0.39 is 15.7 Å². The van der Waals surface area contributed by atoms with Crippen molar-refractivity contribution in [3.63, 3.8) is 0 Å². The zero-order valence-corrected chi connectivity index (χ0v) is 14.0. The second-order valence-electron chi connectivity index (χ2n) is 4.43. The summed E-state index contributed by atoms with van der Waals surface area (Å²) in [6.07, 6.45) is 2.90. The summed E-state index contributed by atoms with van der Waals surface area (Å²) in [6, 6.07) is 5.32.